The summed E-state index contributed by atoms with van der Waals surface area (Å²) in [5.74, 6) is 0.889. The summed E-state index contributed by atoms with van der Waals surface area (Å²) in [6.45, 7) is 11.6. The van der Waals surface area contributed by atoms with Gasteiger partial charge in [-0.3, -0.25) is 0 Å². The summed E-state index contributed by atoms with van der Waals surface area (Å²) in [5, 5.41) is 0. The van der Waals surface area contributed by atoms with Crippen molar-refractivity contribution in [1.82, 2.24) is 0 Å². The largest absolute Gasteiger partial charge is 0.0628 e. The van der Waals surface area contributed by atoms with E-state index in [4.69, 9.17) is 0 Å². The molecule has 0 heteroatoms. The molecule has 0 atom stereocenters. The van der Waals surface area contributed by atoms with Gasteiger partial charge in [0.2, 0.25) is 0 Å². The minimum Gasteiger partial charge on any atom is -0.0628 e. The summed E-state index contributed by atoms with van der Waals surface area (Å²) in [5.41, 5.74) is 0.540. The van der Waals surface area contributed by atoms with E-state index < -0.39 is 0 Å². The van der Waals surface area contributed by atoms with Crippen LogP contribution in [-0.2, 0) is 0 Å². The number of unbranched alkanes of at least 4 members (excludes halogenated alkanes) is 2. The second kappa shape index (κ2) is 5.61. The average molecular weight is 170 g/mol. The molecule has 0 aliphatic carbocycles. The predicted octanol–water partition coefficient (Wildman–Crippen LogP) is 4.64. The zero-order chi connectivity index (χ0) is 9.61. The van der Waals surface area contributed by atoms with Gasteiger partial charge in [-0.25, -0.2) is 0 Å². The number of hydrogen-bond acceptors (Lipinski definition) is 0. The molecule has 0 unspecified atom stereocenters. The van der Waals surface area contributed by atoms with Crippen LogP contribution in [0, 0.1) is 11.3 Å². The maximum atomic E-state index is 2.33. The van der Waals surface area contributed by atoms with Gasteiger partial charge in [0.1, 0.15) is 0 Å². The number of rotatable bonds is 5. The normalized spacial score (nSPS) is 12.5. The molecule has 12 heavy (non-hydrogen) atoms. The lowest BCUT2D eigenvalue weighted by Crippen LogP contribution is -2.04. The molecule has 0 saturated carbocycles. The molecule has 0 aromatic rings. The molecule has 0 spiro atoms. The van der Waals surface area contributed by atoms with E-state index in [9.17, 15) is 0 Å². The third kappa shape index (κ3) is 10.0. The van der Waals surface area contributed by atoms with Crippen LogP contribution in [-0.4, -0.2) is 0 Å². The van der Waals surface area contributed by atoms with Crippen LogP contribution in [0.15, 0.2) is 0 Å². The van der Waals surface area contributed by atoms with Crippen molar-refractivity contribution in [3.63, 3.8) is 0 Å². The first-order valence-electron chi connectivity index (χ1n) is 5.42. The highest BCUT2D eigenvalue weighted by Crippen LogP contribution is 2.22. The molecule has 0 N–H and O–H groups in total. The van der Waals surface area contributed by atoms with Gasteiger partial charge in [-0.1, -0.05) is 60.3 Å². The zero-order valence-corrected chi connectivity index (χ0v) is 9.61. The van der Waals surface area contributed by atoms with Crippen molar-refractivity contribution in [3.8, 4) is 0 Å². The molecule has 0 aromatic carbocycles. The van der Waals surface area contributed by atoms with E-state index in [-0.39, 0.29) is 0 Å². The Labute approximate surface area is 78.8 Å². The molecule has 0 rings (SSSR count). The molecular formula is C12H26. The second-order valence-electron chi connectivity index (χ2n) is 5.55. The highest BCUT2D eigenvalue weighted by molar-refractivity contribution is 4.61. The Hall–Kier alpha value is 0. The van der Waals surface area contributed by atoms with Gasteiger partial charge in [-0.2, -0.15) is 0 Å². The van der Waals surface area contributed by atoms with E-state index in [1.807, 2.05) is 0 Å². The van der Waals surface area contributed by atoms with Crippen LogP contribution < -0.4 is 0 Å². The highest BCUT2D eigenvalue weighted by Gasteiger charge is 2.08. The van der Waals surface area contributed by atoms with Crippen LogP contribution in [0.25, 0.3) is 0 Å². The summed E-state index contributed by atoms with van der Waals surface area (Å²) in [6.07, 6.45) is 7.05. The average Bonchev–Trinajstić information content (AvgIpc) is 1.83. The van der Waals surface area contributed by atoms with Crippen molar-refractivity contribution in [3.05, 3.63) is 0 Å². The Balaban J connectivity index is 3.12. The number of hydrogen-bond donors (Lipinski definition) is 0. The first-order valence-corrected chi connectivity index (χ1v) is 5.42. The fourth-order valence-corrected chi connectivity index (χ4v) is 1.38. The van der Waals surface area contributed by atoms with Crippen molar-refractivity contribution in [2.75, 3.05) is 0 Å². The minimum atomic E-state index is 0.540. The molecule has 0 radical (unpaired) electrons. The van der Waals surface area contributed by atoms with Crippen LogP contribution >= 0.6 is 0 Å². The fraction of sp³-hybridized carbons (Fsp3) is 1.00. The Morgan fingerprint density at radius 3 is 1.92 bits per heavy atom. The minimum absolute atomic E-state index is 0.540. The summed E-state index contributed by atoms with van der Waals surface area (Å²) >= 11 is 0. The Morgan fingerprint density at radius 2 is 1.50 bits per heavy atom. The van der Waals surface area contributed by atoms with Gasteiger partial charge in [0.25, 0.3) is 0 Å². The Bertz CT molecular complexity index is 95.1. The monoisotopic (exact) mass is 170 g/mol. The molecular weight excluding hydrogens is 144 g/mol. The van der Waals surface area contributed by atoms with Gasteiger partial charge in [-0.15, -0.1) is 0 Å². The molecule has 74 valence electrons. The molecule has 0 saturated heterocycles. The van der Waals surface area contributed by atoms with Crippen molar-refractivity contribution in [1.29, 1.82) is 0 Å². The second-order valence-corrected chi connectivity index (χ2v) is 5.55. The maximum Gasteiger partial charge on any atom is -0.0383 e. The maximum absolute atomic E-state index is 2.33. The van der Waals surface area contributed by atoms with E-state index in [0.717, 1.165) is 5.92 Å². The van der Waals surface area contributed by atoms with Crippen LogP contribution in [0.1, 0.15) is 66.7 Å². The Kier molecular flexibility index (Phi) is 5.61. The van der Waals surface area contributed by atoms with Gasteiger partial charge < -0.3 is 0 Å². The zero-order valence-electron chi connectivity index (χ0n) is 9.61. The summed E-state index contributed by atoms with van der Waals surface area (Å²) in [6, 6.07) is 0. The standard InChI is InChI=1S/C12H26/c1-11(2)9-7-6-8-10-12(3,4)5/h11H,6-10H2,1-5H3. The van der Waals surface area contributed by atoms with E-state index in [2.05, 4.69) is 34.6 Å². The van der Waals surface area contributed by atoms with Crippen LogP contribution in [0.3, 0.4) is 0 Å². The van der Waals surface area contributed by atoms with Gasteiger partial charge in [-0.05, 0) is 17.8 Å². The first kappa shape index (κ1) is 12.0. The van der Waals surface area contributed by atoms with Crippen molar-refractivity contribution in [2.24, 2.45) is 11.3 Å². The molecule has 0 nitrogen and oxygen atoms in total. The lowest BCUT2D eigenvalue weighted by atomic mass is 9.89. The van der Waals surface area contributed by atoms with Gasteiger partial charge in [0.05, 0.1) is 0 Å². The molecule has 0 aliphatic rings. The van der Waals surface area contributed by atoms with Gasteiger partial charge in [0, 0.05) is 0 Å². The van der Waals surface area contributed by atoms with Crippen LogP contribution in [0.2, 0.25) is 0 Å². The third-order valence-corrected chi connectivity index (χ3v) is 2.21. The lowest BCUT2D eigenvalue weighted by Gasteiger charge is -2.17. The van der Waals surface area contributed by atoms with E-state index in [0.29, 0.717) is 5.41 Å². The molecule has 0 bridgehead atoms. The SMILES string of the molecule is CC(C)CCCCCC(C)(C)C. The van der Waals surface area contributed by atoms with E-state index in [1.54, 1.807) is 0 Å². The molecule has 0 aliphatic heterocycles. The molecule has 0 aromatic heterocycles. The van der Waals surface area contributed by atoms with E-state index in [1.165, 1.54) is 32.1 Å². The highest BCUT2D eigenvalue weighted by atomic mass is 14.1. The molecule has 0 heterocycles. The summed E-state index contributed by atoms with van der Waals surface area (Å²) < 4.78 is 0. The van der Waals surface area contributed by atoms with Crippen LogP contribution in [0.5, 0.6) is 0 Å². The predicted molar refractivity (Wildman–Crippen MR) is 57.4 cm³/mol. The van der Waals surface area contributed by atoms with Crippen molar-refractivity contribution < 1.29 is 0 Å². The van der Waals surface area contributed by atoms with Gasteiger partial charge >= 0.3 is 0 Å². The molecule has 0 amide bonds. The van der Waals surface area contributed by atoms with Crippen molar-refractivity contribution in [2.45, 2.75) is 66.7 Å². The van der Waals surface area contributed by atoms with Crippen LogP contribution in [0.4, 0.5) is 0 Å². The van der Waals surface area contributed by atoms with Gasteiger partial charge in [0.15, 0.2) is 0 Å². The summed E-state index contributed by atoms with van der Waals surface area (Å²) in [7, 11) is 0. The Morgan fingerprint density at radius 1 is 0.917 bits per heavy atom. The smallest absolute Gasteiger partial charge is 0.0383 e. The fourth-order valence-electron chi connectivity index (χ4n) is 1.38. The topological polar surface area (TPSA) is 0 Å². The lowest BCUT2D eigenvalue weighted by molar-refractivity contribution is 0.354. The molecule has 0 fully saturated rings. The summed E-state index contributed by atoms with van der Waals surface area (Å²) in [4.78, 5) is 0. The third-order valence-electron chi connectivity index (χ3n) is 2.21. The quantitative estimate of drug-likeness (QED) is 0.527. The van der Waals surface area contributed by atoms with Crippen molar-refractivity contribution >= 4 is 0 Å². The first-order chi connectivity index (χ1) is 5.42. The van der Waals surface area contributed by atoms with E-state index >= 15 is 0 Å².